The quantitative estimate of drug-likeness (QED) is 0.364. The van der Waals surface area contributed by atoms with Crippen LogP contribution in [0.1, 0.15) is 36.1 Å². The van der Waals surface area contributed by atoms with Crippen LogP contribution in [-0.2, 0) is 25.1 Å². The second-order valence-electron chi connectivity index (χ2n) is 6.81. The first-order valence-electron chi connectivity index (χ1n) is 9.66. The van der Waals surface area contributed by atoms with E-state index in [0.717, 1.165) is 48.2 Å². The Morgan fingerprint density at radius 2 is 0.833 bits per heavy atom. The van der Waals surface area contributed by atoms with Crippen molar-refractivity contribution in [3.63, 3.8) is 0 Å². The van der Waals surface area contributed by atoms with Gasteiger partial charge in [0.15, 0.2) is 0 Å². The van der Waals surface area contributed by atoms with Crippen LogP contribution in [0.15, 0.2) is 72.8 Å². The lowest BCUT2D eigenvalue weighted by atomic mass is 10.1. The van der Waals surface area contributed by atoms with E-state index in [2.05, 4.69) is 0 Å². The number of benzene rings is 3. The Morgan fingerprint density at radius 3 is 1.10 bits per heavy atom. The van der Waals surface area contributed by atoms with E-state index in [4.69, 9.17) is 9.47 Å². The molecule has 0 radical (unpaired) electrons. The highest BCUT2D eigenvalue weighted by molar-refractivity contribution is 5.32. The van der Waals surface area contributed by atoms with Crippen LogP contribution >= 0.6 is 0 Å². The number of hydrogen-bond acceptors (Lipinski definition) is 2. The van der Waals surface area contributed by atoms with Crippen molar-refractivity contribution in [1.29, 1.82) is 0 Å². The lowest BCUT2D eigenvalue weighted by Crippen LogP contribution is -2.24. The smallest absolute Gasteiger partial charge is 0.426 e. The zero-order valence-corrected chi connectivity index (χ0v) is 16.7. The SMILES string of the molecule is CCc1ccc(OC(F)(F)c2ccc(C(F)(F)Oc3ccc(CC)cc3)cc2)cc1. The minimum Gasteiger partial charge on any atom is -0.429 e. The number of alkyl halides is 4. The summed E-state index contributed by atoms with van der Waals surface area (Å²) in [5.74, 6) is -0.0177. The van der Waals surface area contributed by atoms with Gasteiger partial charge in [0.05, 0.1) is 11.1 Å². The van der Waals surface area contributed by atoms with Crippen molar-refractivity contribution < 1.29 is 27.0 Å². The lowest BCUT2D eigenvalue weighted by Gasteiger charge is -2.21. The molecule has 0 fully saturated rings. The summed E-state index contributed by atoms with van der Waals surface area (Å²) < 4.78 is 67.3. The molecule has 3 rings (SSSR count). The first-order valence-corrected chi connectivity index (χ1v) is 9.66. The molecule has 0 aliphatic rings. The van der Waals surface area contributed by atoms with Crippen molar-refractivity contribution in [1.82, 2.24) is 0 Å². The van der Waals surface area contributed by atoms with Crippen LogP contribution in [-0.4, -0.2) is 0 Å². The zero-order valence-electron chi connectivity index (χ0n) is 16.7. The number of halogens is 4. The normalized spacial score (nSPS) is 11.9. The molecule has 0 aliphatic heterocycles. The highest BCUT2D eigenvalue weighted by atomic mass is 19.3. The minimum atomic E-state index is -3.67. The van der Waals surface area contributed by atoms with Gasteiger partial charge < -0.3 is 9.47 Å². The molecule has 3 aromatic rings. The van der Waals surface area contributed by atoms with Crippen molar-refractivity contribution in [3.05, 3.63) is 95.1 Å². The van der Waals surface area contributed by atoms with Gasteiger partial charge in [-0.1, -0.05) is 38.1 Å². The highest BCUT2D eigenvalue weighted by Gasteiger charge is 2.38. The van der Waals surface area contributed by atoms with Gasteiger partial charge in [0.2, 0.25) is 0 Å². The number of hydrogen-bond donors (Lipinski definition) is 0. The van der Waals surface area contributed by atoms with Gasteiger partial charge in [-0.25, -0.2) is 0 Å². The molecule has 3 aromatic carbocycles. The fraction of sp³-hybridized carbons (Fsp3) is 0.250. The van der Waals surface area contributed by atoms with Gasteiger partial charge in [-0.05, 0) is 72.5 Å². The fourth-order valence-corrected chi connectivity index (χ4v) is 2.86. The zero-order chi connectivity index (χ0) is 21.8. The Morgan fingerprint density at radius 1 is 0.533 bits per heavy atom. The van der Waals surface area contributed by atoms with Gasteiger partial charge in [-0.15, -0.1) is 0 Å². The maximum absolute atomic E-state index is 14.4. The predicted octanol–water partition coefficient (Wildman–Crippen LogP) is 7.07. The third-order valence-electron chi connectivity index (χ3n) is 4.71. The van der Waals surface area contributed by atoms with E-state index in [1.165, 1.54) is 24.3 Å². The number of aryl methyl sites for hydroxylation is 2. The summed E-state index contributed by atoms with van der Waals surface area (Å²) in [5.41, 5.74) is 0.908. The van der Waals surface area contributed by atoms with Gasteiger partial charge in [-0.3, -0.25) is 0 Å². The second kappa shape index (κ2) is 8.78. The minimum absolute atomic E-state index is 0.00883. The molecule has 0 saturated heterocycles. The van der Waals surface area contributed by atoms with Crippen LogP contribution in [0, 0.1) is 0 Å². The molecule has 0 spiro atoms. The van der Waals surface area contributed by atoms with E-state index < -0.39 is 23.3 Å². The highest BCUT2D eigenvalue weighted by Crippen LogP contribution is 2.35. The first kappa shape index (κ1) is 21.7. The van der Waals surface area contributed by atoms with E-state index >= 15 is 0 Å². The molecule has 0 aliphatic carbocycles. The maximum atomic E-state index is 14.4. The van der Waals surface area contributed by atoms with Gasteiger partial charge in [0.1, 0.15) is 11.5 Å². The van der Waals surface area contributed by atoms with Crippen LogP contribution < -0.4 is 9.47 Å². The van der Waals surface area contributed by atoms with Gasteiger partial charge in [0.25, 0.3) is 0 Å². The molecule has 0 bridgehead atoms. The van der Waals surface area contributed by atoms with E-state index in [9.17, 15) is 17.6 Å². The van der Waals surface area contributed by atoms with Crippen molar-refractivity contribution in [3.8, 4) is 11.5 Å². The molecule has 158 valence electrons. The summed E-state index contributed by atoms with van der Waals surface area (Å²) in [4.78, 5) is 0. The van der Waals surface area contributed by atoms with Crippen LogP contribution in [0.3, 0.4) is 0 Å². The van der Waals surface area contributed by atoms with Crippen LogP contribution in [0.4, 0.5) is 17.6 Å². The van der Waals surface area contributed by atoms with Crippen molar-refractivity contribution >= 4 is 0 Å². The van der Waals surface area contributed by atoms with E-state index in [1.807, 2.05) is 13.8 Å². The van der Waals surface area contributed by atoms with Gasteiger partial charge >= 0.3 is 12.2 Å². The molecule has 0 saturated carbocycles. The van der Waals surface area contributed by atoms with Crippen LogP contribution in [0.25, 0.3) is 0 Å². The molecule has 0 unspecified atom stereocenters. The third-order valence-corrected chi connectivity index (χ3v) is 4.71. The molecule has 0 N–H and O–H groups in total. The van der Waals surface area contributed by atoms with E-state index in [0.29, 0.717) is 0 Å². The molecular formula is C24H22F4O2. The van der Waals surface area contributed by atoms with Crippen LogP contribution in [0.2, 0.25) is 0 Å². The Kier molecular flexibility index (Phi) is 6.34. The molecule has 2 nitrogen and oxygen atoms in total. The average molecular weight is 418 g/mol. The Balaban J connectivity index is 1.72. The summed E-state index contributed by atoms with van der Waals surface area (Å²) >= 11 is 0. The van der Waals surface area contributed by atoms with E-state index in [1.54, 1.807) is 24.3 Å². The van der Waals surface area contributed by atoms with E-state index in [-0.39, 0.29) is 11.5 Å². The average Bonchev–Trinajstić information content (AvgIpc) is 2.74. The topological polar surface area (TPSA) is 18.5 Å². The van der Waals surface area contributed by atoms with Gasteiger partial charge in [0, 0.05) is 0 Å². The molecule has 30 heavy (non-hydrogen) atoms. The molecular weight excluding hydrogens is 396 g/mol. The molecule has 0 aromatic heterocycles. The first-order chi connectivity index (χ1) is 14.2. The summed E-state index contributed by atoms with van der Waals surface area (Å²) in [6.45, 7) is 3.90. The summed E-state index contributed by atoms with van der Waals surface area (Å²) in [6.07, 6.45) is -5.79. The monoisotopic (exact) mass is 418 g/mol. The summed E-state index contributed by atoms with van der Waals surface area (Å²) in [5, 5.41) is 0. The predicted molar refractivity (Wildman–Crippen MR) is 107 cm³/mol. The van der Waals surface area contributed by atoms with Crippen LogP contribution in [0.5, 0.6) is 11.5 Å². The van der Waals surface area contributed by atoms with Crippen molar-refractivity contribution in [2.45, 2.75) is 38.9 Å². The Hall–Kier alpha value is -3.02. The standard InChI is InChI=1S/C24H22F4O2/c1-3-17-5-13-21(14-6-17)29-23(25,26)19-9-11-20(12-10-19)24(27,28)30-22-15-7-18(4-2)8-16-22/h5-16H,3-4H2,1-2H3. The molecule has 0 heterocycles. The summed E-state index contributed by atoms with van der Waals surface area (Å²) in [6, 6.07) is 16.2. The molecule has 0 atom stereocenters. The van der Waals surface area contributed by atoms with Gasteiger partial charge in [-0.2, -0.15) is 17.6 Å². The Bertz CT molecular complexity index is 870. The molecule has 6 heteroatoms. The third kappa shape index (κ3) is 5.12. The lowest BCUT2D eigenvalue weighted by molar-refractivity contribution is -0.188. The Labute approximate surface area is 173 Å². The fourth-order valence-electron chi connectivity index (χ4n) is 2.86. The second-order valence-corrected chi connectivity index (χ2v) is 6.81. The largest absolute Gasteiger partial charge is 0.429 e. The maximum Gasteiger partial charge on any atom is 0.426 e. The molecule has 0 amide bonds. The summed E-state index contributed by atoms with van der Waals surface area (Å²) in [7, 11) is 0. The number of ether oxygens (including phenoxy) is 2. The number of rotatable bonds is 8. The van der Waals surface area contributed by atoms with Crippen molar-refractivity contribution in [2.24, 2.45) is 0 Å². The van der Waals surface area contributed by atoms with Crippen molar-refractivity contribution in [2.75, 3.05) is 0 Å².